The molecule has 0 spiro atoms. The van der Waals surface area contributed by atoms with Gasteiger partial charge in [0.05, 0.1) is 12.3 Å². The second-order valence-corrected chi connectivity index (χ2v) is 7.20. The summed E-state index contributed by atoms with van der Waals surface area (Å²) in [5.74, 6) is -0.776. The van der Waals surface area contributed by atoms with Crippen LogP contribution in [0.4, 0.5) is 10.5 Å². The van der Waals surface area contributed by atoms with Gasteiger partial charge in [-0.2, -0.15) is 0 Å². The molecule has 34 heavy (non-hydrogen) atoms. The fourth-order valence-electron chi connectivity index (χ4n) is 3.51. The summed E-state index contributed by atoms with van der Waals surface area (Å²) >= 11 is 0. The van der Waals surface area contributed by atoms with Crippen molar-refractivity contribution in [2.75, 3.05) is 25.1 Å². The smallest absolute Gasteiger partial charge is 0.412 e. The van der Waals surface area contributed by atoms with E-state index in [-0.39, 0.29) is 19.8 Å². The molecule has 0 saturated carbocycles. The summed E-state index contributed by atoms with van der Waals surface area (Å²) in [4.78, 5) is 24.2. The molecule has 0 aliphatic rings. The summed E-state index contributed by atoms with van der Waals surface area (Å²) in [7, 11) is 0. The first-order valence-corrected chi connectivity index (χ1v) is 10.8. The highest BCUT2D eigenvalue weighted by molar-refractivity contribution is 6.00. The van der Waals surface area contributed by atoms with Crippen LogP contribution in [0.5, 0.6) is 5.75 Å². The number of anilines is 1. The number of fused-ring (bicyclic) bond motifs is 1. The number of carbonyl (C=O) groups excluding carboxylic acids is 1. The minimum atomic E-state index is -1.16. The molecular formula is C26H27NO7. The third-order valence-corrected chi connectivity index (χ3v) is 4.92. The number of hydrogen-bond acceptors (Lipinski definition) is 6. The van der Waals surface area contributed by atoms with Gasteiger partial charge in [0.2, 0.25) is 0 Å². The Labute approximate surface area is 197 Å². The van der Waals surface area contributed by atoms with Crippen molar-refractivity contribution in [3.8, 4) is 5.75 Å². The highest BCUT2D eigenvalue weighted by Gasteiger charge is 2.29. The van der Waals surface area contributed by atoms with Crippen LogP contribution in [-0.2, 0) is 14.3 Å². The van der Waals surface area contributed by atoms with Crippen LogP contribution < -0.4 is 10.1 Å². The maximum absolute atomic E-state index is 13.0. The predicted molar refractivity (Wildman–Crippen MR) is 128 cm³/mol. The lowest BCUT2D eigenvalue weighted by molar-refractivity contribution is -0.131. The van der Waals surface area contributed by atoms with E-state index in [0.717, 1.165) is 16.8 Å². The molecule has 0 radical (unpaired) electrons. The van der Waals surface area contributed by atoms with Crippen LogP contribution in [0.25, 0.3) is 10.8 Å². The monoisotopic (exact) mass is 465 g/mol. The van der Waals surface area contributed by atoms with Gasteiger partial charge in [0, 0.05) is 23.6 Å². The topological polar surface area (TPSA) is 114 Å². The predicted octanol–water partition coefficient (Wildman–Crippen LogP) is 4.55. The summed E-state index contributed by atoms with van der Waals surface area (Å²) in [6, 6.07) is 20.0. The second kappa shape index (κ2) is 12.4. The minimum absolute atomic E-state index is 0.0379. The molecule has 0 saturated heterocycles. The molecule has 0 bridgehead atoms. The molecule has 3 rings (SSSR count). The van der Waals surface area contributed by atoms with Gasteiger partial charge < -0.3 is 24.4 Å². The number of benzene rings is 3. The van der Waals surface area contributed by atoms with Crippen molar-refractivity contribution >= 4 is 28.5 Å². The molecule has 0 aliphatic carbocycles. The van der Waals surface area contributed by atoms with E-state index in [1.807, 2.05) is 36.4 Å². The molecule has 3 aromatic rings. The average molecular weight is 466 g/mol. The minimum Gasteiger partial charge on any atom is -0.491 e. The number of ether oxygens (including phenoxy) is 3. The number of para-hydroxylation sites is 1. The lowest BCUT2D eigenvalue weighted by Gasteiger charge is -2.27. The molecule has 178 valence electrons. The van der Waals surface area contributed by atoms with E-state index in [0.29, 0.717) is 17.0 Å². The summed E-state index contributed by atoms with van der Waals surface area (Å²) in [6.07, 6.45) is -0.411. The number of rotatable bonds is 11. The molecule has 1 amide bonds. The molecule has 8 nitrogen and oxygen atoms in total. The third kappa shape index (κ3) is 6.57. The van der Waals surface area contributed by atoms with Gasteiger partial charge in [-0.15, -0.1) is 0 Å². The Bertz CT molecular complexity index is 1140. The summed E-state index contributed by atoms with van der Waals surface area (Å²) in [6.45, 7) is 1.84. The average Bonchev–Trinajstić information content (AvgIpc) is 2.84. The van der Waals surface area contributed by atoms with Gasteiger partial charge in [0.1, 0.15) is 18.5 Å². The van der Waals surface area contributed by atoms with Crippen LogP contribution in [0, 0.1) is 0 Å². The number of amides is 1. The number of carbonyl (C=O) groups is 2. The van der Waals surface area contributed by atoms with Crippen molar-refractivity contribution in [2.24, 2.45) is 0 Å². The fourth-order valence-corrected chi connectivity index (χ4v) is 3.51. The van der Waals surface area contributed by atoms with E-state index in [1.165, 1.54) is 6.08 Å². The number of aliphatic carboxylic acids is 1. The van der Waals surface area contributed by atoms with Crippen molar-refractivity contribution in [2.45, 2.75) is 19.1 Å². The van der Waals surface area contributed by atoms with E-state index in [4.69, 9.17) is 19.3 Å². The standard InChI is InChI=1S/C26H27NO7/c1-2-32-23(14-15-24(29)30)25(20-11-5-6-13-22(20)33-17-16-28)34-26(31)27-21-12-7-9-18-8-3-4-10-19(18)21/h3-15,23,25,28H,2,16-17H2,1H3,(H,27,31)(H,29,30)/b15-14+/t23-,25-/m0/s1. The van der Waals surface area contributed by atoms with Crippen LogP contribution in [-0.4, -0.2) is 48.2 Å². The van der Waals surface area contributed by atoms with Crippen molar-refractivity contribution in [1.29, 1.82) is 0 Å². The zero-order chi connectivity index (χ0) is 24.3. The van der Waals surface area contributed by atoms with E-state index in [2.05, 4.69) is 5.32 Å². The Balaban J connectivity index is 1.94. The van der Waals surface area contributed by atoms with Crippen molar-refractivity contribution in [3.05, 3.63) is 84.4 Å². The van der Waals surface area contributed by atoms with Gasteiger partial charge in [-0.25, -0.2) is 9.59 Å². The van der Waals surface area contributed by atoms with Gasteiger partial charge in [-0.05, 0) is 30.5 Å². The van der Waals surface area contributed by atoms with E-state index in [9.17, 15) is 14.7 Å². The highest BCUT2D eigenvalue weighted by atomic mass is 16.6. The van der Waals surface area contributed by atoms with E-state index < -0.39 is 24.3 Å². The van der Waals surface area contributed by atoms with Gasteiger partial charge >= 0.3 is 12.1 Å². The number of nitrogens with one attached hydrogen (secondary N) is 1. The SMILES string of the molecule is CCO[C@@H](/C=C/C(=O)O)[C@@H](OC(=O)Nc1cccc2ccccc12)c1ccccc1OCCO. The van der Waals surface area contributed by atoms with E-state index in [1.54, 1.807) is 37.3 Å². The number of carboxylic acid groups (broad SMARTS) is 1. The number of carboxylic acids is 1. The Morgan fingerprint density at radius 3 is 2.53 bits per heavy atom. The molecule has 0 fully saturated rings. The van der Waals surface area contributed by atoms with Gasteiger partial charge in [-0.3, -0.25) is 5.32 Å². The Hall–Kier alpha value is -3.88. The number of aliphatic hydroxyl groups is 1. The van der Waals surface area contributed by atoms with Gasteiger partial charge in [0.25, 0.3) is 0 Å². The van der Waals surface area contributed by atoms with Crippen molar-refractivity contribution < 1.29 is 34.0 Å². The molecule has 0 aliphatic heterocycles. The first kappa shape index (κ1) is 24.8. The largest absolute Gasteiger partial charge is 0.491 e. The molecule has 0 unspecified atom stereocenters. The highest BCUT2D eigenvalue weighted by Crippen LogP contribution is 2.33. The van der Waals surface area contributed by atoms with Gasteiger partial charge in [0.15, 0.2) is 6.10 Å². The lowest BCUT2D eigenvalue weighted by Crippen LogP contribution is -2.28. The van der Waals surface area contributed by atoms with Crippen molar-refractivity contribution in [3.63, 3.8) is 0 Å². The Kier molecular flexibility index (Phi) is 9.02. The summed E-state index contributed by atoms with van der Waals surface area (Å²) in [5, 5.41) is 22.9. The van der Waals surface area contributed by atoms with Crippen LogP contribution in [0.15, 0.2) is 78.9 Å². The van der Waals surface area contributed by atoms with E-state index >= 15 is 0 Å². The lowest BCUT2D eigenvalue weighted by atomic mass is 10.0. The van der Waals surface area contributed by atoms with Gasteiger partial charge in [-0.1, -0.05) is 54.6 Å². The summed E-state index contributed by atoms with van der Waals surface area (Å²) < 4.78 is 17.1. The number of aliphatic hydroxyl groups excluding tert-OH is 1. The Morgan fingerprint density at radius 1 is 1.03 bits per heavy atom. The summed E-state index contributed by atoms with van der Waals surface area (Å²) in [5.41, 5.74) is 1.04. The van der Waals surface area contributed by atoms with Crippen LogP contribution in [0.1, 0.15) is 18.6 Å². The zero-order valence-electron chi connectivity index (χ0n) is 18.7. The van der Waals surface area contributed by atoms with Crippen LogP contribution in [0.3, 0.4) is 0 Å². The van der Waals surface area contributed by atoms with Crippen molar-refractivity contribution in [1.82, 2.24) is 0 Å². The van der Waals surface area contributed by atoms with Crippen LogP contribution in [0.2, 0.25) is 0 Å². The molecule has 3 N–H and O–H groups in total. The molecule has 2 atom stereocenters. The number of hydrogen-bond donors (Lipinski definition) is 3. The zero-order valence-corrected chi connectivity index (χ0v) is 18.7. The maximum Gasteiger partial charge on any atom is 0.412 e. The molecule has 0 heterocycles. The fraction of sp³-hybridized carbons (Fsp3) is 0.231. The quantitative estimate of drug-likeness (QED) is 0.356. The molecule has 8 heteroatoms. The van der Waals surface area contributed by atoms with Crippen LogP contribution >= 0.6 is 0 Å². The maximum atomic E-state index is 13.0. The molecule has 3 aromatic carbocycles. The Morgan fingerprint density at radius 2 is 1.76 bits per heavy atom. The first-order chi connectivity index (χ1) is 16.5. The second-order valence-electron chi connectivity index (χ2n) is 7.20. The third-order valence-electron chi connectivity index (χ3n) is 4.92. The molecular weight excluding hydrogens is 438 g/mol. The first-order valence-electron chi connectivity index (χ1n) is 10.8. The molecule has 0 aromatic heterocycles. The normalized spacial score (nSPS) is 12.9.